The second-order valence-corrected chi connectivity index (χ2v) is 8.33. The van der Waals surface area contributed by atoms with Gasteiger partial charge in [-0.2, -0.15) is 0 Å². The van der Waals surface area contributed by atoms with Crippen molar-refractivity contribution in [2.24, 2.45) is 0 Å². The van der Waals surface area contributed by atoms with E-state index in [9.17, 15) is 5.11 Å². The Bertz CT molecular complexity index is 660. The number of piperazine rings is 1. The molecule has 1 saturated heterocycles. The Morgan fingerprint density at radius 1 is 1.12 bits per heavy atom. The molecule has 0 bridgehead atoms. The lowest BCUT2D eigenvalue weighted by molar-refractivity contribution is 0.0345. The smallest absolute Gasteiger partial charge is 0.208 e. The highest BCUT2D eigenvalue weighted by Gasteiger charge is 2.24. The Labute approximate surface area is 151 Å². The first-order valence-electron chi connectivity index (χ1n) is 8.15. The molecule has 0 radical (unpaired) electrons. The molecule has 130 valence electrons. The first kappa shape index (κ1) is 17.6. The number of hydrogen-bond acceptors (Lipinski definition) is 6. The molecule has 0 saturated carbocycles. The van der Waals surface area contributed by atoms with E-state index in [2.05, 4.69) is 20.0 Å². The van der Waals surface area contributed by atoms with E-state index in [-0.39, 0.29) is 0 Å². The molecule has 3 rings (SSSR count). The molecule has 2 heterocycles. The topological polar surface area (TPSA) is 52.5 Å². The second kappa shape index (κ2) is 7.35. The molecule has 1 fully saturated rings. The maximum atomic E-state index is 9.93. The maximum absolute atomic E-state index is 9.93. The predicted molar refractivity (Wildman–Crippen MR) is 99.1 cm³/mol. The van der Waals surface area contributed by atoms with Crippen LogP contribution in [0.5, 0.6) is 0 Å². The summed E-state index contributed by atoms with van der Waals surface area (Å²) in [7, 11) is 0. The molecule has 0 spiro atoms. The third-order valence-electron chi connectivity index (χ3n) is 3.98. The Morgan fingerprint density at radius 2 is 1.79 bits per heavy atom. The summed E-state index contributed by atoms with van der Waals surface area (Å²) >= 11 is 7.58. The Hall–Kier alpha value is -1.21. The summed E-state index contributed by atoms with van der Waals surface area (Å²) in [6, 6.07) is 7.86. The highest BCUT2D eigenvalue weighted by atomic mass is 35.5. The van der Waals surface area contributed by atoms with Crippen LogP contribution < -0.4 is 4.90 Å². The van der Waals surface area contributed by atoms with E-state index in [0.717, 1.165) is 47.8 Å². The van der Waals surface area contributed by atoms with E-state index in [1.54, 1.807) is 11.3 Å². The van der Waals surface area contributed by atoms with Gasteiger partial charge in [-0.1, -0.05) is 35.1 Å². The first-order valence-corrected chi connectivity index (χ1v) is 9.35. The van der Waals surface area contributed by atoms with Crippen LogP contribution in [0, 0.1) is 0 Å². The van der Waals surface area contributed by atoms with Crippen molar-refractivity contribution in [2.75, 3.05) is 37.6 Å². The Kier molecular flexibility index (Phi) is 5.39. The molecule has 1 aliphatic heterocycles. The van der Waals surface area contributed by atoms with Crippen LogP contribution in [0.1, 0.15) is 24.4 Å². The molecule has 0 aliphatic carbocycles. The average molecular weight is 367 g/mol. The summed E-state index contributed by atoms with van der Waals surface area (Å²) in [5, 5.41) is 21.4. The molecule has 2 aromatic rings. The molecule has 5 nitrogen and oxygen atoms in total. The van der Waals surface area contributed by atoms with Gasteiger partial charge in [0.15, 0.2) is 0 Å². The number of benzene rings is 1. The van der Waals surface area contributed by atoms with E-state index >= 15 is 0 Å². The molecule has 1 N–H and O–H groups in total. The quantitative estimate of drug-likeness (QED) is 0.881. The number of aliphatic hydroxyl groups is 1. The predicted octanol–water partition coefficient (Wildman–Crippen LogP) is 2.68. The van der Waals surface area contributed by atoms with Gasteiger partial charge < -0.3 is 10.0 Å². The number of β-amino-alcohol motifs (C(OH)–C–C–N with tert-alkyl or cyclic N) is 1. The summed E-state index contributed by atoms with van der Waals surface area (Å²) in [6.07, 6.45) is 0.785. The number of anilines is 1. The van der Waals surface area contributed by atoms with Gasteiger partial charge in [0.05, 0.1) is 5.60 Å². The minimum absolute atomic E-state index is 0.642. The number of aromatic nitrogens is 2. The van der Waals surface area contributed by atoms with Gasteiger partial charge in [0.2, 0.25) is 5.13 Å². The zero-order valence-electron chi connectivity index (χ0n) is 14.1. The van der Waals surface area contributed by atoms with Crippen LogP contribution in [0.4, 0.5) is 5.13 Å². The third-order valence-corrected chi connectivity index (χ3v) is 5.21. The van der Waals surface area contributed by atoms with Gasteiger partial charge in [0.1, 0.15) is 5.01 Å². The van der Waals surface area contributed by atoms with Crippen LogP contribution in [-0.2, 0) is 6.42 Å². The fourth-order valence-electron chi connectivity index (χ4n) is 2.87. The van der Waals surface area contributed by atoms with Gasteiger partial charge in [-0.05, 0) is 31.5 Å². The second-order valence-electron chi connectivity index (χ2n) is 6.86. The van der Waals surface area contributed by atoms with Crippen molar-refractivity contribution in [3.05, 3.63) is 39.9 Å². The Balaban J connectivity index is 1.55. The average Bonchev–Trinajstić information content (AvgIpc) is 2.97. The van der Waals surface area contributed by atoms with Crippen LogP contribution in [-0.4, -0.2) is 58.5 Å². The zero-order chi connectivity index (χ0) is 17.2. The maximum Gasteiger partial charge on any atom is 0.208 e. The standard InChI is InChI=1S/C17H23ClN4OS/c1-17(2,23)12-21-7-9-22(10-8-21)16-20-19-15(24-16)11-13-3-5-14(18)6-4-13/h3-6,23H,7-12H2,1-2H3. The third kappa shape index (κ3) is 4.89. The van der Waals surface area contributed by atoms with E-state index in [1.165, 1.54) is 5.56 Å². The molecule has 24 heavy (non-hydrogen) atoms. The van der Waals surface area contributed by atoms with Crippen molar-refractivity contribution in [3.8, 4) is 0 Å². The number of halogens is 1. The van der Waals surface area contributed by atoms with E-state index in [4.69, 9.17) is 11.6 Å². The largest absolute Gasteiger partial charge is 0.389 e. The van der Waals surface area contributed by atoms with E-state index in [0.29, 0.717) is 6.54 Å². The summed E-state index contributed by atoms with van der Waals surface area (Å²) in [4.78, 5) is 4.58. The van der Waals surface area contributed by atoms with Crippen molar-refractivity contribution >= 4 is 28.1 Å². The lowest BCUT2D eigenvalue weighted by Gasteiger charge is -2.36. The summed E-state index contributed by atoms with van der Waals surface area (Å²) in [6.45, 7) is 8.14. The molecule has 0 atom stereocenters. The van der Waals surface area contributed by atoms with Gasteiger partial charge >= 0.3 is 0 Å². The van der Waals surface area contributed by atoms with Crippen molar-refractivity contribution in [1.82, 2.24) is 15.1 Å². The first-order chi connectivity index (χ1) is 11.4. The number of hydrogen-bond donors (Lipinski definition) is 1. The number of rotatable bonds is 5. The van der Waals surface area contributed by atoms with Gasteiger partial charge in [-0.3, -0.25) is 4.90 Å². The van der Waals surface area contributed by atoms with Gasteiger partial charge in [0, 0.05) is 44.2 Å². The van der Waals surface area contributed by atoms with Crippen molar-refractivity contribution < 1.29 is 5.11 Å². The van der Waals surface area contributed by atoms with Gasteiger partial charge in [-0.25, -0.2) is 0 Å². The summed E-state index contributed by atoms with van der Waals surface area (Å²) < 4.78 is 0. The fraction of sp³-hybridized carbons (Fsp3) is 0.529. The van der Waals surface area contributed by atoms with Crippen LogP contribution in [0.15, 0.2) is 24.3 Å². The van der Waals surface area contributed by atoms with Crippen LogP contribution in [0.25, 0.3) is 0 Å². The Morgan fingerprint density at radius 3 is 2.42 bits per heavy atom. The molecule has 0 unspecified atom stereocenters. The highest BCUT2D eigenvalue weighted by molar-refractivity contribution is 7.15. The van der Waals surface area contributed by atoms with Crippen LogP contribution in [0.3, 0.4) is 0 Å². The van der Waals surface area contributed by atoms with Crippen LogP contribution in [0.2, 0.25) is 5.02 Å². The normalized spacial score (nSPS) is 16.6. The van der Waals surface area contributed by atoms with E-state index in [1.807, 2.05) is 38.1 Å². The number of nitrogens with zero attached hydrogens (tertiary/aromatic N) is 4. The summed E-state index contributed by atoms with van der Waals surface area (Å²) in [5.41, 5.74) is 0.550. The molecule has 1 aromatic carbocycles. The monoisotopic (exact) mass is 366 g/mol. The fourth-order valence-corrected chi connectivity index (χ4v) is 3.92. The highest BCUT2D eigenvalue weighted by Crippen LogP contribution is 2.24. The lowest BCUT2D eigenvalue weighted by Crippen LogP contribution is -2.50. The van der Waals surface area contributed by atoms with Crippen molar-refractivity contribution in [1.29, 1.82) is 0 Å². The van der Waals surface area contributed by atoms with Crippen LogP contribution >= 0.6 is 22.9 Å². The molecular formula is C17H23ClN4OS. The molecule has 0 amide bonds. The molecule has 7 heteroatoms. The SMILES string of the molecule is CC(C)(O)CN1CCN(c2nnc(Cc3ccc(Cl)cc3)s2)CC1. The van der Waals surface area contributed by atoms with Crippen molar-refractivity contribution in [3.63, 3.8) is 0 Å². The van der Waals surface area contributed by atoms with Gasteiger partial charge in [-0.15, -0.1) is 10.2 Å². The molecule has 1 aromatic heterocycles. The lowest BCUT2D eigenvalue weighted by atomic mass is 10.1. The molecular weight excluding hydrogens is 344 g/mol. The zero-order valence-corrected chi connectivity index (χ0v) is 15.6. The van der Waals surface area contributed by atoms with E-state index < -0.39 is 5.60 Å². The van der Waals surface area contributed by atoms with Crippen molar-refractivity contribution in [2.45, 2.75) is 25.9 Å². The van der Waals surface area contributed by atoms with Gasteiger partial charge in [0.25, 0.3) is 0 Å². The minimum Gasteiger partial charge on any atom is -0.389 e. The summed E-state index contributed by atoms with van der Waals surface area (Å²) in [5.74, 6) is 0. The molecule has 1 aliphatic rings. The minimum atomic E-state index is -0.642.